The summed E-state index contributed by atoms with van der Waals surface area (Å²) in [7, 11) is 0. The van der Waals surface area contributed by atoms with Gasteiger partial charge in [-0.05, 0) is 73.1 Å². The first-order chi connectivity index (χ1) is 18.0. The van der Waals surface area contributed by atoms with Gasteiger partial charge in [-0.3, -0.25) is 9.59 Å². The summed E-state index contributed by atoms with van der Waals surface area (Å²) in [6, 6.07) is 20.3. The SMILES string of the molecule is C[C@@H](NC(=O)COC(=O)c1ccccc1Cc1nc2ccccc2c(=O)[nH]1)c1ccc2c(c1)CCCC2. The van der Waals surface area contributed by atoms with E-state index in [0.717, 1.165) is 18.4 Å². The molecule has 1 aliphatic rings. The molecule has 7 nitrogen and oxygen atoms in total. The fourth-order valence-electron chi connectivity index (χ4n) is 4.87. The van der Waals surface area contributed by atoms with Crippen LogP contribution in [0.25, 0.3) is 10.9 Å². The van der Waals surface area contributed by atoms with E-state index >= 15 is 0 Å². The van der Waals surface area contributed by atoms with Crippen LogP contribution in [0.15, 0.2) is 71.5 Å². The van der Waals surface area contributed by atoms with Crippen LogP contribution >= 0.6 is 0 Å². The summed E-state index contributed by atoms with van der Waals surface area (Å²) in [5.41, 5.74) is 5.13. The maximum absolute atomic E-state index is 12.9. The molecule has 1 aliphatic carbocycles. The molecule has 0 bridgehead atoms. The number of benzene rings is 3. The Bertz CT molecular complexity index is 1530. The van der Waals surface area contributed by atoms with Crippen LogP contribution in [-0.4, -0.2) is 28.5 Å². The number of carbonyl (C=O) groups excluding carboxylic acids is 2. The number of esters is 1. The molecule has 3 aromatic carbocycles. The van der Waals surface area contributed by atoms with Crippen molar-refractivity contribution in [3.8, 4) is 0 Å². The molecule has 0 aliphatic heterocycles. The number of amides is 1. The number of nitrogens with zero attached hydrogens (tertiary/aromatic N) is 1. The predicted molar refractivity (Wildman–Crippen MR) is 142 cm³/mol. The molecule has 7 heteroatoms. The zero-order valence-electron chi connectivity index (χ0n) is 20.8. The number of hydrogen-bond donors (Lipinski definition) is 2. The Morgan fingerprint density at radius 1 is 1.00 bits per heavy atom. The van der Waals surface area contributed by atoms with Crippen molar-refractivity contribution in [2.45, 2.75) is 45.1 Å². The molecular weight excluding hydrogens is 466 g/mol. The number of aromatic amines is 1. The number of fused-ring (bicyclic) bond motifs is 2. The van der Waals surface area contributed by atoms with Crippen molar-refractivity contribution >= 4 is 22.8 Å². The summed E-state index contributed by atoms with van der Waals surface area (Å²) in [5, 5.41) is 3.43. The standard InChI is InChI=1S/C30H29N3O4/c1-19(21-15-14-20-8-2-3-9-22(20)16-21)31-28(34)18-37-30(36)24-11-5-4-10-23(24)17-27-32-26-13-7-6-12-25(26)29(35)33-27/h4-7,10-16,19H,2-3,8-9,17-18H2,1H3,(H,31,34)(H,32,33,35)/t19-/m1/s1. The van der Waals surface area contributed by atoms with Gasteiger partial charge in [-0.1, -0.05) is 48.5 Å². The van der Waals surface area contributed by atoms with Gasteiger partial charge in [0.1, 0.15) is 5.82 Å². The van der Waals surface area contributed by atoms with Gasteiger partial charge in [-0.15, -0.1) is 0 Å². The van der Waals surface area contributed by atoms with E-state index in [2.05, 4.69) is 33.5 Å². The minimum Gasteiger partial charge on any atom is -0.452 e. The molecule has 0 unspecified atom stereocenters. The zero-order valence-corrected chi connectivity index (χ0v) is 20.8. The lowest BCUT2D eigenvalue weighted by atomic mass is 9.89. The predicted octanol–water partition coefficient (Wildman–Crippen LogP) is 4.43. The summed E-state index contributed by atoms with van der Waals surface area (Å²) < 4.78 is 5.35. The van der Waals surface area contributed by atoms with Gasteiger partial charge < -0.3 is 15.0 Å². The average Bonchev–Trinajstić information content (AvgIpc) is 2.92. The number of rotatable bonds is 7. The van der Waals surface area contributed by atoms with E-state index in [0.29, 0.717) is 27.9 Å². The van der Waals surface area contributed by atoms with Gasteiger partial charge in [0.2, 0.25) is 0 Å². The molecule has 1 atom stereocenters. The second-order valence-corrected chi connectivity index (χ2v) is 9.46. The highest BCUT2D eigenvalue weighted by molar-refractivity contribution is 5.93. The third-order valence-corrected chi connectivity index (χ3v) is 6.84. The van der Waals surface area contributed by atoms with Gasteiger partial charge in [0.05, 0.1) is 22.5 Å². The molecule has 1 heterocycles. The Morgan fingerprint density at radius 3 is 2.62 bits per heavy atom. The molecule has 1 aromatic heterocycles. The van der Waals surface area contributed by atoms with E-state index in [1.54, 1.807) is 42.5 Å². The number of H-pyrrole nitrogens is 1. The molecule has 1 amide bonds. The van der Waals surface area contributed by atoms with Gasteiger partial charge in [0, 0.05) is 6.42 Å². The normalized spacial score (nSPS) is 13.5. The molecule has 0 saturated carbocycles. The quantitative estimate of drug-likeness (QED) is 0.370. The molecule has 188 valence electrons. The third-order valence-electron chi connectivity index (χ3n) is 6.84. The topological polar surface area (TPSA) is 101 Å². The molecule has 0 fully saturated rings. The average molecular weight is 496 g/mol. The van der Waals surface area contributed by atoms with Crippen LogP contribution in [-0.2, 0) is 28.8 Å². The van der Waals surface area contributed by atoms with Crippen LogP contribution < -0.4 is 10.9 Å². The lowest BCUT2D eigenvalue weighted by Gasteiger charge is -2.20. The number of para-hydroxylation sites is 1. The molecule has 2 N–H and O–H groups in total. The smallest absolute Gasteiger partial charge is 0.338 e. The Morgan fingerprint density at radius 2 is 1.76 bits per heavy atom. The first kappa shape index (κ1) is 24.4. The summed E-state index contributed by atoms with van der Waals surface area (Å²) >= 11 is 0. The van der Waals surface area contributed by atoms with Crippen molar-refractivity contribution in [1.29, 1.82) is 0 Å². The van der Waals surface area contributed by atoms with Crippen molar-refractivity contribution in [2.75, 3.05) is 6.61 Å². The van der Waals surface area contributed by atoms with Crippen molar-refractivity contribution in [2.24, 2.45) is 0 Å². The highest BCUT2D eigenvalue weighted by Crippen LogP contribution is 2.24. The van der Waals surface area contributed by atoms with E-state index in [4.69, 9.17) is 4.74 Å². The fourth-order valence-corrected chi connectivity index (χ4v) is 4.87. The summed E-state index contributed by atoms with van der Waals surface area (Å²) in [6.45, 7) is 1.55. The zero-order chi connectivity index (χ0) is 25.8. The van der Waals surface area contributed by atoms with Crippen molar-refractivity contribution in [1.82, 2.24) is 15.3 Å². The highest BCUT2D eigenvalue weighted by Gasteiger charge is 2.18. The van der Waals surface area contributed by atoms with E-state index < -0.39 is 5.97 Å². The Labute approximate surface area is 214 Å². The number of aromatic nitrogens is 2. The number of hydrogen-bond acceptors (Lipinski definition) is 5. The molecule has 0 spiro atoms. The molecular formula is C30H29N3O4. The number of nitrogens with one attached hydrogen (secondary N) is 2. The molecule has 0 saturated heterocycles. The summed E-state index contributed by atoms with van der Waals surface area (Å²) in [6.07, 6.45) is 4.85. The molecule has 5 rings (SSSR count). The van der Waals surface area contributed by atoms with E-state index in [9.17, 15) is 14.4 Å². The minimum absolute atomic E-state index is 0.193. The Balaban J connectivity index is 1.22. The number of carbonyl (C=O) groups is 2. The lowest BCUT2D eigenvalue weighted by Crippen LogP contribution is -2.31. The van der Waals surface area contributed by atoms with Gasteiger partial charge in [0.25, 0.3) is 11.5 Å². The number of ether oxygens (including phenoxy) is 1. The summed E-state index contributed by atoms with van der Waals surface area (Å²) in [4.78, 5) is 45.1. The fraction of sp³-hybridized carbons (Fsp3) is 0.267. The first-order valence-corrected chi connectivity index (χ1v) is 12.6. The van der Waals surface area contributed by atoms with Gasteiger partial charge in [-0.2, -0.15) is 0 Å². The van der Waals surface area contributed by atoms with Crippen LogP contribution in [0, 0.1) is 0 Å². The van der Waals surface area contributed by atoms with Crippen LogP contribution in [0.2, 0.25) is 0 Å². The van der Waals surface area contributed by atoms with Crippen LogP contribution in [0.4, 0.5) is 0 Å². The van der Waals surface area contributed by atoms with Crippen molar-refractivity contribution in [3.05, 3.63) is 111 Å². The van der Waals surface area contributed by atoms with Gasteiger partial charge in [-0.25, -0.2) is 9.78 Å². The largest absolute Gasteiger partial charge is 0.452 e. The Hall–Kier alpha value is -4.26. The highest BCUT2D eigenvalue weighted by atomic mass is 16.5. The first-order valence-electron chi connectivity index (χ1n) is 12.6. The minimum atomic E-state index is -0.602. The van der Waals surface area contributed by atoms with Gasteiger partial charge >= 0.3 is 5.97 Å². The van der Waals surface area contributed by atoms with Crippen LogP contribution in [0.1, 0.15) is 64.2 Å². The van der Waals surface area contributed by atoms with Crippen LogP contribution in [0.3, 0.4) is 0 Å². The monoisotopic (exact) mass is 495 g/mol. The summed E-state index contributed by atoms with van der Waals surface area (Å²) in [5.74, 6) is -0.521. The second-order valence-electron chi connectivity index (χ2n) is 9.46. The van der Waals surface area contributed by atoms with Gasteiger partial charge in [0.15, 0.2) is 6.61 Å². The molecule has 37 heavy (non-hydrogen) atoms. The maximum Gasteiger partial charge on any atom is 0.338 e. The van der Waals surface area contributed by atoms with Crippen LogP contribution in [0.5, 0.6) is 0 Å². The molecule has 4 aromatic rings. The maximum atomic E-state index is 12.9. The van der Waals surface area contributed by atoms with Crippen molar-refractivity contribution < 1.29 is 14.3 Å². The lowest BCUT2D eigenvalue weighted by molar-refractivity contribution is -0.124. The Kier molecular flexibility index (Phi) is 7.12. The third kappa shape index (κ3) is 5.61. The second kappa shape index (κ2) is 10.8. The van der Waals surface area contributed by atoms with Crippen molar-refractivity contribution in [3.63, 3.8) is 0 Å². The number of aryl methyl sites for hydroxylation is 2. The van der Waals surface area contributed by atoms with E-state index in [1.165, 1.54) is 24.0 Å². The van der Waals surface area contributed by atoms with E-state index in [-0.39, 0.29) is 30.5 Å². The molecule has 0 radical (unpaired) electrons. The van der Waals surface area contributed by atoms with E-state index in [1.807, 2.05) is 13.0 Å².